The van der Waals surface area contributed by atoms with Crippen molar-refractivity contribution < 1.29 is 4.74 Å². The zero-order chi connectivity index (χ0) is 14.5. The van der Waals surface area contributed by atoms with Crippen molar-refractivity contribution in [1.29, 1.82) is 0 Å². The summed E-state index contributed by atoms with van der Waals surface area (Å²) in [7, 11) is 3.74. The van der Waals surface area contributed by atoms with Gasteiger partial charge in [-0.05, 0) is 24.6 Å². The Balaban J connectivity index is 2.15. The van der Waals surface area contributed by atoms with Crippen molar-refractivity contribution in [3.8, 4) is 5.75 Å². The fraction of sp³-hybridized carbons (Fsp3) is 0.294. The number of para-hydroxylation sites is 2. The van der Waals surface area contributed by atoms with E-state index in [1.54, 1.807) is 7.11 Å². The lowest BCUT2D eigenvalue weighted by Crippen LogP contribution is -2.29. The van der Waals surface area contributed by atoms with Crippen LogP contribution in [0.4, 0.5) is 5.69 Å². The molecule has 0 aliphatic carbocycles. The van der Waals surface area contributed by atoms with E-state index in [-0.39, 0.29) is 6.04 Å². The molecule has 20 heavy (non-hydrogen) atoms. The number of benzene rings is 2. The maximum atomic E-state index is 6.34. The molecule has 0 saturated heterocycles. The topological polar surface area (TPSA) is 38.5 Å². The van der Waals surface area contributed by atoms with Crippen LogP contribution < -0.4 is 15.4 Å². The normalized spacial score (nSPS) is 12.0. The first-order valence-electron chi connectivity index (χ1n) is 6.78. The molecule has 3 nitrogen and oxygen atoms in total. The summed E-state index contributed by atoms with van der Waals surface area (Å²) in [5.74, 6) is 0.846. The third-order valence-electron chi connectivity index (χ3n) is 3.54. The Morgan fingerprint density at radius 3 is 2.45 bits per heavy atom. The van der Waals surface area contributed by atoms with E-state index in [9.17, 15) is 0 Å². The summed E-state index contributed by atoms with van der Waals surface area (Å²) in [6.45, 7) is 2.85. The molecule has 1 unspecified atom stereocenters. The van der Waals surface area contributed by atoms with E-state index in [1.165, 1.54) is 11.3 Å². The second-order valence-corrected chi connectivity index (χ2v) is 5.02. The van der Waals surface area contributed by atoms with Gasteiger partial charge in [0.15, 0.2) is 0 Å². The summed E-state index contributed by atoms with van der Waals surface area (Å²) in [5, 5.41) is 0. The van der Waals surface area contributed by atoms with E-state index in [2.05, 4.69) is 31.0 Å². The fourth-order valence-electron chi connectivity index (χ4n) is 2.46. The molecule has 3 heteroatoms. The Morgan fingerprint density at radius 1 is 1.10 bits per heavy atom. The molecule has 2 N–H and O–H groups in total. The predicted molar refractivity (Wildman–Crippen MR) is 84.4 cm³/mol. The van der Waals surface area contributed by atoms with Crippen LogP contribution in [-0.4, -0.2) is 20.7 Å². The van der Waals surface area contributed by atoms with Crippen LogP contribution in [0.15, 0.2) is 48.5 Å². The first kappa shape index (κ1) is 14.4. The third kappa shape index (κ3) is 3.11. The minimum Gasteiger partial charge on any atom is -0.496 e. The first-order valence-corrected chi connectivity index (χ1v) is 6.78. The van der Waals surface area contributed by atoms with Gasteiger partial charge in [-0.3, -0.25) is 0 Å². The van der Waals surface area contributed by atoms with Gasteiger partial charge in [-0.15, -0.1) is 0 Å². The van der Waals surface area contributed by atoms with Crippen LogP contribution in [0.1, 0.15) is 17.2 Å². The molecule has 2 aromatic rings. The molecular formula is C17H22N2O. The molecule has 2 aromatic carbocycles. The lowest BCUT2D eigenvalue weighted by Gasteiger charge is -2.26. The van der Waals surface area contributed by atoms with E-state index < -0.39 is 0 Å². The number of nitrogens with two attached hydrogens (primary N) is 1. The molecule has 0 radical (unpaired) electrons. The quantitative estimate of drug-likeness (QED) is 0.907. The van der Waals surface area contributed by atoms with E-state index in [0.717, 1.165) is 17.9 Å². The highest BCUT2D eigenvalue weighted by atomic mass is 16.5. The van der Waals surface area contributed by atoms with Crippen LogP contribution in [0.5, 0.6) is 5.75 Å². The molecule has 0 heterocycles. The van der Waals surface area contributed by atoms with Crippen molar-refractivity contribution in [2.45, 2.75) is 13.0 Å². The standard InChI is InChI=1S/C17H22N2O/c1-13-8-4-6-10-16(13)19(2)12-15(18)14-9-5-7-11-17(14)20-3/h4-11,15H,12,18H2,1-3H3. The maximum absolute atomic E-state index is 6.34. The zero-order valence-electron chi connectivity index (χ0n) is 12.3. The molecule has 0 aliphatic heterocycles. The van der Waals surface area contributed by atoms with Gasteiger partial charge in [-0.1, -0.05) is 36.4 Å². The number of anilines is 1. The minimum atomic E-state index is -0.0873. The zero-order valence-corrected chi connectivity index (χ0v) is 12.3. The molecule has 0 amide bonds. The highest BCUT2D eigenvalue weighted by Crippen LogP contribution is 2.25. The highest BCUT2D eigenvalue weighted by Gasteiger charge is 2.14. The van der Waals surface area contributed by atoms with Crippen molar-refractivity contribution in [3.05, 3.63) is 59.7 Å². The molecule has 0 aromatic heterocycles. The Morgan fingerprint density at radius 2 is 1.75 bits per heavy atom. The van der Waals surface area contributed by atoms with Gasteiger partial charge in [0.2, 0.25) is 0 Å². The number of rotatable bonds is 5. The van der Waals surface area contributed by atoms with Crippen LogP contribution in [0.25, 0.3) is 0 Å². The number of methoxy groups -OCH3 is 1. The SMILES string of the molecule is COc1ccccc1C(N)CN(C)c1ccccc1C. The summed E-state index contributed by atoms with van der Waals surface area (Å²) in [5.41, 5.74) is 9.83. The van der Waals surface area contributed by atoms with Crippen LogP contribution in [0.2, 0.25) is 0 Å². The van der Waals surface area contributed by atoms with Crippen LogP contribution in [-0.2, 0) is 0 Å². The van der Waals surface area contributed by atoms with Gasteiger partial charge in [0.05, 0.1) is 13.2 Å². The summed E-state index contributed by atoms with van der Waals surface area (Å²) in [6.07, 6.45) is 0. The summed E-state index contributed by atoms with van der Waals surface area (Å²) in [6, 6.07) is 16.2. The largest absolute Gasteiger partial charge is 0.496 e. The van der Waals surface area contributed by atoms with Crippen molar-refractivity contribution >= 4 is 5.69 Å². The smallest absolute Gasteiger partial charge is 0.123 e. The molecule has 0 saturated carbocycles. The van der Waals surface area contributed by atoms with E-state index >= 15 is 0 Å². The van der Waals surface area contributed by atoms with Crippen molar-refractivity contribution in [2.75, 3.05) is 25.6 Å². The molecule has 2 rings (SSSR count). The summed E-state index contributed by atoms with van der Waals surface area (Å²) < 4.78 is 5.38. The van der Waals surface area contributed by atoms with Crippen molar-refractivity contribution in [3.63, 3.8) is 0 Å². The van der Waals surface area contributed by atoms with Crippen LogP contribution in [0.3, 0.4) is 0 Å². The molecule has 0 aliphatic rings. The Bertz CT molecular complexity index is 568. The number of nitrogens with zero attached hydrogens (tertiary/aromatic N) is 1. The second kappa shape index (κ2) is 6.44. The number of hydrogen-bond acceptors (Lipinski definition) is 3. The van der Waals surface area contributed by atoms with Gasteiger partial charge >= 0.3 is 0 Å². The molecule has 1 atom stereocenters. The van der Waals surface area contributed by atoms with Crippen LogP contribution >= 0.6 is 0 Å². The van der Waals surface area contributed by atoms with Gasteiger partial charge < -0.3 is 15.4 Å². The molecular weight excluding hydrogens is 248 g/mol. The number of hydrogen-bond donors (Lipinski definition) is 1. The van der Waals surface area contributed by atoms with Crippen LogP contribution in [0, 0.1) is 6.92 Å². The van der Waals surface area contributed by atoms with Gasteiger partial charge in [-0.25, -0.2) is 0 Å². The van der Waals surface area contributed by atoms with Gasteiger partial charge in [-0.2, -0.15) is 0 Å². The van der Waals surface area contributed by atoms with Gasteiger partial charge in [0.25, 0.3) is 0 Å². The lowest BCUT2D eigenvalue weighted by molar-refractivity contribution is 0.405. The van der Waals surface area contributed by atoms with E-state index in [0.29, 0.717) is 0 Å². The van der Waals surface area contributed by atoms with Gasteiger partial charge in [0, 0.05) is 24.8 Å². The second-order valence-electron chi connectivity index (χ2n) is 5.02. The Hall–Kier alpha value is -2.00. The molecule has 106 valence electrons. The molecule has 0 fully saturated rings. The third-order valence-corrected chi connectivity index (χ3v) is 3.54. The average molecular weight is 270 g/mol. The Labute approximate surface area is 121 Å². The number of aryl methyl sites for hydroxylation is 1. The monoisotopic (exact) mass is 270 g/mol. The Kier molecular flexibility index (Phi) is 4.64. The molecule has 0 spiro atoms. The summed E-state index contributed by atoms with van der Waals surface area (Å²) >= 11 is 0. The lowest BCUT2D eigenvalue weighted by atomic mass is 10.1. The average Bonchev–Trinajstić information content (AvgIpc) is 2.47. The highest BCUT2D eigenvalue weighted by molar-refractivity contribution is 5.52. The maximum Gasteiger partial charge on any atom is 0.123 e. The first-order chi connectivity index (χ1) is 9.63. The van der Waals surface area contributed by atoms with E-state index in [1.807, 2.05) is 36.4 Å². The fourth-order valence-corrected chi connectivity index (χ4v) is 2.46. The van der Waals surface area contributed by atoms with Gasteiger partial charge in [0.1, 0.15) is 5.75 Å². The van der Waals surface area contributed by atoms with E-state index in [4.69, 9.17) is 10.5 Å². The molecule has 0 bridgehead atoms. The van der Waals surface area contributed by atoms with Crippen molar-refractivity contribution in [1.82, 2.24) is 0 Å². The summed E-state index contributed by atoms with van der Waals surface area (Å²) in [4.78, 5) is 2.19. The number of ether oxygens (including phenoxy) is 1. The minimum absolute atomic E-state index is 0.0873. The number of likely N-dealkylation sites (N-methyl/N-ethyl adjacent to an activating group) is 1. The van der Waals surface area contributed by atoms with Crippen molar-refractivity contribution in [2.24, 2.45) is 5.73 Å². The predicted octanol–water partition coefficient (Wildman–Crippen LogP) is 3.14.